The predicted octanol–water partition coefficient (Wildman–Crippen LogP) is 7.26. The quantitative estimate of drug-likeness (QED) is 0.101. The monoisotopic (exact) mass is 972 g/mol. The molecule has 1 spiro atoms. The molecule has 3 saturated carbocycles. The summed E-state index contributed by atoms with van der Waals surface area (Å²) in [5.74, 6) is 0.691. The Labute approximate surface area is 414 Å². The normalized spacial score (nSPS) is 28.1. The minimum absolute atomic E-state index is 0.0139. The number of likely N-dealkylation sites (tertiary alicyclic amines) is 2. The maximum absolute atomic E-state index is 14.3. The largest absolute Gasteiger partial charge is 0.453 e. The fraction of sp³-hybridized carbons (Fsp3) is 0.611. The van der Waals surface area contributed by atoms with Crippen LogP contribution in [0.15, 0.2) is 41.2 Å². The van der Waals surface area contributed by atoms with Crippen molar-refractivity contribution in [3.63, 3.8) is 0 Å². The molecule has 17 nitrogen and oxygen atoms in total. The molecule has 4 aliphatic carbocycles. The second-order valence-corrected chi connectivity index (χ2v) is 22.5. The molecule has 0 radical (unpaired) electrons. The van der Waals surface area contributed by atoms with Gasteiger partial charge in [0.05, 0.1) is 55.7 Å². The van der Waals surface area contributed by atoms with Gasteiger partial charge in [0.1, 0.15) is 24.1 Å². The Balaban J connectivity index is 0.832. The van der Waals surface area contributed by atoms with Crippen LogP contribution in [0.5, 0.6) is 0 Å². The number of imidazole rings is 1. The summed E-state index contributed by atoms with van der Waals surface area (Å²) >= 11 is 0. The third-order valence-corrected chi connectivity index (χ3v) is 17.7. The minimum Gasteiger partial charge on any atom is -0.453 e. The highest BCUT2D eigenvalue weighted by atomic mass is 16.5. The summed E-state index contributed by atoms with van der Waals surface area (Å²) in [5, 5.41) is 18.0. The molecule has 378 valence electrons. The second kappa shape index (κ2) is 18.6. The van der Waals surface area contributed by atoms with Gasteiger partial charge in [0, 0.05) is 24.2 Å². The van der Waals surface area contributed by atoms with Crippen LogP contribution in [0.1, 0.15) is 133 Å². The van der Waals surface area contributed by atoms with Crippen molar-refractivity contribution in [1.82, 2.24) is 46.2 Å². The van der Waals surface area contributed by atoms with E-state index in [1.165, 1.54) is 62.2 Å². The fourth-order valence-electron chi connectivity index (χ4n) is 13.9. The van der Waals surface area contributed by atoms with Crippen molar-refractivity contribution in [2.75, 3.05) is 20.8 Å². The molecule has 10 atom stereocenters. The lowest BCUT2D eigenvalue weighted by Gasteiger charge is -2.46. The topological polar surface area (TPSA) is 213 Å². The van der Waals surface area contributed by atoms with Crippen LogP contribution in [0.3, 0.4) is 0 Å². The number of aromatic amines is 1. The number of methoxy groups -OCH3 is 2. The number of benzene rings is 2. The Kier molecular flexibility index (Phi) is 12.4. The molecule has 3 aliphatic heterocycles. The molecule has 11 rings (SSSR count). The number of aromatic nitrogens is 3. The van der Waals surface area contributed by atoms with E-state index in [9.17, 15) is 24.0 Å². The summed E-state index contributed by atoms with van der Waals surface area (Å²) in [6.45, 7) is 8.23. The smallest absolute Gasteiger partial charge is 0.407 e. The molecule has 6 unspecified atom stereocenters. The standard InChI is InChI=1S/C54H69N9O8/c1-27(2)44(59-52(67)69-5)50(65)62-19-9-10-41(62)47-55-26-40(58-47)34-15-14-33(38-25-56-71-46(34)38)32-13-12-31(36-23-54(24-37(32)36)17-7-8-18-54)29-11-16-39-35(20-29)49(64)61-48(57-39)43-22-30-21-42(30)63(43)51(66)45(28(3)4)60-53(68)70-6/h12-15,25-30,35,39,41-45,48,57H,7-11,16-24H2,1-6H3,(H,55,58)(H,59,67)(H,60,68)(H,61,64)/t29?,30?,35?,39?,41-,42?,43-,44-,45-,48?/m0/s1. The Morgan fingerprint density at radius 1 is 0.803 bits per heavy atom. The molecule has 0 bridgehead atoms. The Morgan fingerprint density at radius 3 is 2.23 bits per heavy atom. The second-order valence-electron chi connectivity index (χ2n) is 22.5. The number of rotatable bonds is 11. The maximum atomic E-state index is 14.3. The predicted molar refractivity (Wildman–Crippen MR) is 263 cm³/mol. The zero-order chi connectivity index (χ0) is 49.5. The van der Waals surface area contributed by atoms with E-state index in [-0.39, 0.29) is 77.1 Å². The van der Waals surface area contributed by atoms with Crippen molar-refractivity contribution in [3.8, 4) is 22.4 Å². The molecule has 5 heterocycles. The van der Waals surface area contributed by atoms with Crippen LogP contribution in [0.25, 0.3) is 33.4 Å². The molecule has 3 saturated heterocycles. The first-order chi connectivity index (χ1) is 34.3. The van der Waals surface area contributed by atoms with Gasteiger partial charge in [-0.05, 0) is 134 Å². The highest BCUT2D eigenvalue weighted by molar-refractivity contribution is 6.01. The van der Waals surface area contributed by atoms with E-state index in [2.05, 4.69) is 55.7 Å². The maximum Gasteiger partial charge on any atom is 0.407 e. The zero-order valence-corrected chi connectivity index (χ0v) is 41.8. The van der Waals surface area contributed by atoms with Crippen LogP contribution in [0, 0.1) is 29.1 Å². The minimum atomic E-state index is -0.722. The van der Waals surface area contributed by atoms with Crippen molar-refractivity contribution in [2.24, 2.45) is 29.1 Å². The summed E-state index contributed by atoms with van der Waals surface area (Å²) < 4.78 is 15.8. The summed E-state index contributed by atoms with van der Waals surface area (Å²) in [7, 11) is 2.60. The van der Waals surface area contributed by atoms with Gasteiger partial charge in [-0.15, -0.1) is 0 Å². The molecule has 6 fully saturated rings. The summed E-state index contributed by atoms with van der Waals surface area (Å²) in [6.07, 6.45) is 15.0. The van der Waals surface area contributed by atoms with Gasteiger partial charge >= 0.3 is 12.2 Å². The SMILES string of the molecule is COC(=O)N[C@H](C(=O)N1CCC[C@H]1c1ncc(-c2ccc(-c3ccc(C4CCC5NC([C@@H]6CC7CC7N6C(=O)[C@@H](NC(=O)OC)C(C)C)NC(=O)C5C4)c4c3CC3(CCCC3)C4)c3cnoc23)[nH]1)C(C)C. The van der Waals surface area contributed by atoms with Crippen molar-refractivity contribution in [1.29, 1.82) is 0 Å². The lowest BCUT2D eigenvalue weighted by Crippen LogP contribution is -2.69. The van der Waals surface area contributed by atoms with E-state index in [0.717, 1.165) is 80.0 Å². The van der Waals surface area contributed by atoms with Crippen molar-refractivity contribution in [2.45, 2.75) is 160 Å². The first-order valence-electron chi connectivity index (χ1n) is 26.2. The Bertz CT molecular complexity index is 2740. The van der Waals surface area contributed by atoms with Crippen molar-refractivity contribution in [3.05, 3.63) is 59.2 Å². The number of nitrogens with one attached hydrogen (secondary N) is 5. The van der Waals surface area contributed by atoms with E-state index in [0.29, 0.717) is 23.9 Å². The number of hydrogen-bond acceptors (Lipinski definition) is 11. The number of nitrogens with zero attached hydrogens (tertiary/aromatic N) is 4. The van der Waals surface area contributed by atoms with E-state index < -0.39 is 24.3 Å². The van der Waals surface area contributed by atoms with Crippen LogP contribution in [0.4, 0.5) is 9.59 Å². The molecule has 71 heavy (non-hydrogen) atoms. The molecule has 7 aliphatic rings. The van der Waals surface area contributed by atoms with Crippen LogP contribution in [-0.2, 0) is 36.7 Å². The van der Waals surface area contributed by atoms with E-state index in [1.807, 2.05) is 43.7 Å². The zero-order valence-electron chi connectivity index (χ0n) is 41.8. The number of ether oxygens (including phenoxy) is 2. The highest BCUT2D eigenvalue weighted by Crippen LogP contribution is 2.55. The number of amides is 5. The van der Waals surface area contributed by atoms with Gasteiger partial charge in [-0.25, -0.2) is 14.6 Å². The van der Waals surface area contributed by atoms with Crippen LogP contribution in [-0.4, -0.2) is 112 Å². The molecule has 2 aromatic heterocycles. The molecular formula is C54H69N9O8. The summed E-state index contributed by atoms with van der Waals surface area (Å²) in [4.78, 5) is 78.8. The highest BCUT2D eigenvalue weighted by Gasteiger charge is 2.58. The van der Waals surface area contributed by atoms with Gasteiger partial charge in [0.15, 0.2) is 5.58 Å². The summed E-state index contributed by atoms with van der Waals surface area (Å²) in [5.41, 5.74) is 9.06. The van der Waals surface area contributed by atoms with E-state index in [4.69, 9.17) is 19.0 Å². The molecule has 5 amide bonds. The van der Waals surface area contributed by atoms with Crippen LogP contribution >= 0.6 is 0 Å². The Hall–Kier alpha value is -5.97. The van der Waals surface area contributed by atoms with Crippen molar-refractivity contribution < 1.29 is 38.0 Å². The number of carbonyl (C=O) groups is 5. The average Bonchev–Trinajstić information content (AvgIpc) is 4.13. The van der Waals surface area contributed by atoms with Gasteiger partial charge in [0.2, 0.25) is 17.7 Å². The number of alkyl carbamates (subject to hydrolysis) is 2. The molecule has 4 aromatic rings. The first kappa shape index (κ1) is 47.4. The average molecular weight is 972 g/mol. The molecule has 5 N–H and O–H groups in total. The molecular weight excluding hydrogens is 903 g/mol. The van der Waals surface area contributed by atoms with Gasteiger partial charge in [0.25, 0.3) is 0 Å². The number of carbonyl (C=O) groups excluding carboxylic acids is 5. The molecule has 17 heteroatoms. The van der Waals surface area contributed by atoms with E-state index >= 15 is 0 Å². The molecule has 2 aromatic carbocycles. The lowest BCUT2D eigenvalue weighted by molar-refractivity contribution is -0.140. The van der Waals surface area contributed by atoms with Gasteiger partial charge in [-0.1, -0.05) is 63.9 Å². The Morgan fingerprint density at radius 2 is 1.49 bits per heavy atom. The van der Waals surface area contributed by atoms with E-state index in [1.54, 1.807) is 6.20 Å². The number of H-pyrrole nitrogens is 1. The third kappa shape index (κ3) is 8.42. The van der Waals surface area contributed by atoms with Crippen LogP contribution < -0.4 is 21.3 Å². The van der Waals surface area contributed by atoms with Gasteiger partial charge < -0.3 is 44.7 Å². The summed E-state index contributed by atoms with van der Waals surface area (Å²) in [6, 6.07) is 7.19. The fourth-order valence-corrected chi connectivity index (χ4v) is 13.9. The first-order valence-corrected chi connectivity index (χ1v) is 26.2. The lowest BCUT2D eigenvalue weighted by atomic mass is 9.72. The van der Waals surface area contributed by atoms with Gasteiger partial charge in [-0.3, -0.25) is 19.7 Å². The number of fused-ring (bicyclic) bond motifs is 4. The number of piperidine rings is 1. The van der Waals surface area contributed by atoms with Crippen LogP contribution in [0.2, 0.25) is 0 Å². The third-order valence-electron chi connectivity index (χ3n) is 17.7. The number of hydrogen-bond donors (Lipinski definition) is 5. The van der Waals surface area contributed by atoms with Crippen molar-refractivity contribution >= 4 is 40.9 Å². The van der Waals surface area contributed by atoms with Gasteiger partial charge in [-0.2, -0.15) is 0 Å².